The molecule has 0 N–H and O–H groups in total. The van der Waals surface area contributed by atoms with Gasteiger partial charge in [-0.05, 0) is 47.0 Å². The summed E-state index contributed by atoms with van der Waals surface area (Å²) in [5.41, 5.74) is 3.38. The number of ether oxygens (including phenoxy) is 2. The second-order valence-corrected chi connectivity index (χ2v) is 8.22. The van der Waals surface area contributed by atoms with E-state index in [1.807, 2.05) is 66.9 Å². The van der Waals surface area contributed by atoms with E-state index in [-0.39, 0.29) is 0 Å². The first kappa shape index (κ1) is 22.2. The van der Waals surface area contributed by atoms with E-state index >= 15 is 0 Å². The van der Waals surface area contributed by atoms with E-state index in [0.717, 1.165) is 48.9 Å². The Kier molecular flexibility index (Phi) is 7.64. The Balaban J connectivity index is 1.31. The molecule has 1 aliphatic rings. The van der Waals surface area contributed by atoms with Crippen LogP contribution in [0.25, 0.3) is 0 Å². The smallest absolute Gasteiger partial charge is 0.162 e. The lowest BCUT2D eigenvalue weighted by Crippen LogP contribution is -2.43. The van der Waals surface area contributed by atoms with Gasteiger partial charge in [0.1, 0.15) is 6.61 Å². The standard InChI is InChI=1S/C26H28ClN3O2/c1-31-25-12-9-23(17-26(25)32-20-22-5-3-2-4-6-22)18-28-30-15-13-29(14-16-30)19-21-7-10-24(27)11-8-21/h2-12,17-18H,13-16,19-20H2,1H3/b28-18+. The summed E-state index contributed by atoms with van der Waals surface area (Å²) in [6.45, 7) is 5.19. The zero-order chi connectivity index (χ0) is 22.2. The van der Waals surface area contributed by atoms with Crippen LogP contribution in [0.3, 0.4) is 0 Å². The van der Waals surface area contributed by atoms with E-state index in [1.54, 1.807) is 7.11 Å². The van der Waals surface area contributed by atoms with Gasteiger partial charge in [0.15, 0.2) is 11.5 Å². The van der Waals surface area contributed by atoms with Gasteiger partial charge in [-0.2, -0.15) is 5.10 Å². The third-order valence-corrected chi connectivity index (χ3v) is 5.72. The summed E-state index contributed by atoms with van der Waals surface area (Å²) < 4.78 is 11.5. The zero-order valence-electron chi connectivity index (χ0n) is 18.3. The van der Waals surface area contributed by atoms with E-state index in [0.29, 0.717) is 18.1 Å². The Morgan fingerprint density at radius 3 is 2.34 bits per heavy atom. The Morgan fingerprint density at radius 1 is 0.875 bits per heavy atom. The molecule has 1 aliphatic heterocycles. The normalized spacial score (nSPS) is 14.6. The Labute approximate surface area is 194 Å². The van der Waals surface area contributed by atoms with Crippen molar-refractivity contribution in [2.45, 2.75) is 13.2 Å². The number of piperazine rings is 1. The molecule has 1 heterocycles. The first-order valence-electron chi connectivity index (χ1n) is 10.8. The monoisotopic (exact) mass is 449 g/mol. The predicted molar refractivity (Wildman–Crippen MR) is 130 cm³/mol. The van der Waals surface area contributed by atoms with Crippen LogP contribution < -0.4 is 9.47 Å². The van der Waals surface area contributed by atoms with Gasteiger partial charge in [-0.1, -0.05) is 54.1 Å². The number of halogens is 1. The molecule has 0 aromatic heterocycles. The molecule has 6 heteroatoms. The molecule has 1 saturated heterocycles. The molecule has 3 aromatic carbocycles. The lowest BCUT2D eigenvalue weighted by molar-refractivity contribution is 0.131. The maximum absolute atomic E-state index is 6.01. The third kappa shape index (κ3) is 6.25. The first-order chi connectivity index (χ1) is 15.7. The summed E-state index contributed by atoms with van der Waals surface area (Å²) >= 11 is 5.98. The Morgan fingerprint density at radius 2 is 1.62 bits per heavy atom. The molecule has 4 rings (SSSR count). The van der Waals surface area contributed by atoms with Crippen molar-refractivity contribution < 1.29 is 9.47 Å². The Hall–Kier alpha value is -3.02. The van der Waals surface area contributed by atoms with Gasteiger partial charge in [0.25, 0.3) is 0 Å². The molecule has 1 fully saturated rings. The summed E-state index contributed by atoms with van der Waals surface area (Å²) in [5, 5.41) is 7.59. The molecule has 0 radical (unpaired) electrons. The molecule has 0 unspecified atom stereocenters. The lowest BCUT2D eigenvalue weighted by atomic mass is 10.2. The Bertz CT molecular complexity index is 1020. The predicted octanol–water partition coefficient (Wildman–Crippen LogP) is 5.08. The summed E-state index contributed by atoms with van der Waals surface area (Å²) in [6, 6.07) is 24.1. The fourth-order valence-corrected chi connectivity index (χ4v) is 3.75. The molecular weight excluding hydrogens is 422 g/mol. The minimum absolute atomic E-state index is 0.493. The van der Waals surface area contributed by atoms with Crippen molar-refractivity contribution >= 4 is 17.8 Å². The van der Waals surface area contributed by atoms with Crippen LogP contribution in [0.1, 0.15) is 16.7 Å². The van der Waals surface area contributed by atoms with Gasteiger partial charge in [-0.3, -0.25) is 9.91 Å². The van der Waals surface area contributed by atoms with Gasteiger partial charge in [0.05, 0.1) is 13.3 Å². The van der Waals surface area contributed by atoms with Crippen molar-refractivity contribution in [3.05, 3.63) is 94.5 Å². The minimum atomic E-state index is 0.493. The van der Waals surface area contributed by atoms with Crippen LogP contribution in [-0.2, 0) is 13.2 Å². The van der Waals surface area contributed by atoms with Crippen LogP contribution in [0.2, 0.25) is 5.02 Å². The molecule has 0 atom stereocenters. The maximum Gasteiger partial charge on any atom is 0.162 e. The van der Waals surface area contributed by atoms with Crippen molar-refractivity contribution in [1.82, 2.24) is 9.91 Å². The molecule has 166 valence electrons. The molecule has 0 bridgehead atoms. The number of hydrogen-bond donors (Lipinski definition) is 0. The van der Waals surface area contributed by atoms with Gasteiger partial charge in [-0.25, -0.2) is 0 Å². The highest BCUT2D eigenvalue weighted by Crippen LogP contribution is 2.28. The van der Waals surface area contributed by atoms with Gasteiger partial charge in [0, 0.05) is 37.7 Å². The number of hydrazone groups is 1. The van der Waals surface area contributed by atoms with Crippen molar-refractivity contribution in [1.29, 1.82) is 0 Å². The number of nitrogens with zero attached hydrogens (tertiary/aromatic N) is 3. The van der Waals surface area contributed by atoms with Gasteiger partial charge in [-0.15, -0.1) is 0 Å². The molecule has 0 saturated carbocycles. The van der Waals surface area contributed by atoms with E-state index in [9.17, 15) is 0 Å². The summed E-state index contributed by atoms with van der Waals surface area (Å²) in [4.78, 5) is 2.44. The first-order valence-corrected chi connectivity index (χ1v) is 11.2. The summed E-state index contributed by atoms with van der Waals surface area (Å²) in [6.07, 6.45) is 1.89. The molecule has 0 aliphatic carbocycles. The van der Waals surface area contributed by atoms with Gasteiger partial charge in [0.2, 0.25) is 0 Å². The zero-order valence-corrected chi connectivity index (χ0v) is 19.0. The molecule has 32 heavy (non-hydrogen) atoms. The van der Waals surface area contributed by atoms with Crippen molar-refractivity contribution in [2.75, 3.05) is 33.3 Å². The number of rotatable bonds is 8. The van der Waals surface area contributed by atoms with E-state index in [4.69, 9.17) is 21.1 Å². The van der Waals surface area contributed by atoms with Crippen LogP contribution in [0.4, 0.5) is 0 Å². The fourth-order valence-electron chi connectivity index (χ4n) is 3.63. The number of hydrogen-bond acceptors (Lipinski definition) is 5. The van der Waals surface area contributed by atoms with Crippen LogP contribution in [-0.4, -0.2) is 49.4 Å². The van der Waals surface area contributed by atoms with Crippen molar-refractivity contribution in [3.8, 4) is 11.5 Å². The lowest BCUT2D eigenvalue weighted by Gasteiger charge is -2.33. The minimum Gasteiger partial charge on any atom is -0.493 e. The van der Waals surface area contributed by atoms with Crippen LogP contribution in [0.5, 0.6) is 11.5 Å². The van der Waals surface area contributed by atoms with Crippen molar-refractivity contribution in [3.63, 3.8) is 0 Å². The third-order valence-electron chi connectivity index (χ3n) is 5.46. The van der Waals surface area contributed by atoms with E-state index in [2.05, 4.69) is 27.1 Å². The maximum atomic E-state index is 6.01. The average molecular weight is 450 g/mol. The van der Waals surface area contributed by atoms with E-state index < -0.39 is 0 Å². The van der Waals surface area contributed by atoms with Gasteiger partial charge < -0.3 is 9.47 Å². The molecule has 0 amide bonds. The van der Waals surface area contributed by atoms with Crippen LogP contribution in [0.15, 0.2) is 77.9 Å². The fraction of sp³-hybridized carbons (Fsp3) is 0.269. The molecule has 5 nitrogen and oxygen atoms in total. The number of methoxy groups -OCH3 is 1. The molecule has 0 spiro atoms. The highest BCUT2D eigenvalue weighted by molar-refractivity contribution is 6.30. The highest BCUT2D eigenvalue weighted by atomic mass is 35.5. The largest absolute Gasteiger partial charge is 0.493 e. The SMILES string of the molecule is COc1ccc(/C=N/N2CCN(Cc3ccc(Cl)cc3)CC2)cc1OCc1ccccc1. The van der Waals surface area contributed by atoms with Crippen molar-refractivity contribution in [2.24, 2.45) is 5.10 Å². The molecule has 3 aromatic rings. The average Bonchev–Trinajstić information content (AvgIpc) is 2.84. The molecular formula is C26H28ClN3O2. The van der Waals surface area contributed by atoms with Crippen LogP contribution in [0, 0.1) is 0 Å². The van der Waals surface area contributed by atoms with E-state index in [1.165, 1.54) is 5.56 Å². The number of benzene rings is 3. The highest BCUT2D eigenvalue weighted by Gasteiger charge is 2.15. The topological polar surface area (TPSA) is 37.3 Å². The second-order valence-electron chi connectivity index (χ2n) is 7.79. The van der Waals surface area contributed by atoms with Crippen LogP contribution >= 0.6 is 11.6 Å². The summed E-state index contributed by atoms with van der Waals surface area (Å²) in [7, 11) is 1.65. The quantitative estimate of drug-likeness (QED) is 0.449. The van der Waals surface area contributed by atoms with Gasteiger partial charge >= 0.3 is 0 Å². The summed E-state index contributed by atoms with van der Waals surface area (Å²) in [5.74, 6) is 1.43. The second kappa shape index (κ2) is 11.0.